The number of allylic oxidation sites excluding steroid dienone is 1. The number of carbonyl (C=O) groups excluding carboxylic acids is 1. The van der Waals surface area contributed by atoms with E-state index < -0.39 is 0 Å². The Kier molecular flexibility index (Phi) is 5.00. The topological polar surface area (TPSA) is 51.1 Å². The average molecular weight is 379 g/mol. The first kappa shape index (κ1) is 16.1. The van der Waals surface area contributed by atoms with E-state index >= 15 is 0 Å². The summed E-state index contributed by atoms with van der Waals surface area (Å²) in [4.78, 5) is 19.1. The van der Waals surface area contributed by atoms with Crippen LogP contribution in [0.3, 0.4) is 0 Å². The Morgan fingerprint density at radius 1 is 1.39 bits per heavy atom. The normalized spacial score (nSPS) is 19.7. The average Bonchev–Trinajstić information content (AvgIpc) is 3.00. The number of methoxy groups -OCH3 is 1. The van der Waals surface area contributed by atoms with E-state index in [0.29, 0.717) is 29.4 Å². The molecular weight excluding hydrogens is 360 g/mol. The molecule has 0 spiro atoms. The molecule has 122 valence electrons. The number of alkyl halides is 1. The number of amides is 1. The van der Waals surface area contributed by atoms with Gasteiger partial charge in [0.1, 0.15) is 6.61 Å². The Labute approximate surface area is 144 Å². The second kappa shape index (κ2) is 7.17. The van der Waals surface area contributed by atoms with Crippen molar-refractivity contribution in [2.75, 3.05) is 25.6 Å². The number of ether oxygens (including phenoxy) is 2. The van der Waals surface area contributed by atoms with Crippen LogP contribution in [-0.2, 0) is 0 Å². The fraction of sp³-hybridized carbons (Fsp3) is 0.412. The quantitative estimate of drug-likeness (QED) is 0.583. The van der Waals surface area contributed by atoms with E-state index in [9.17, 15) is 4.79 Å². The standard InChI is InChI=1S/C17H19BrN2O3/c1-22-15-9-13-14(10-16(15)23-8-3-2-6-18)19-11-12-5-4-7-20(12)17(13)21/h2-3,9-12H,4-8H2,1H3/b3-2+/t12-/m0/s1. The van der Waals surface area contributed by atoms with Crippen LogP contribution in [0.4, 0.5) is 5.69 Å². The minimum atomic E-state index is 0.0176. The lowest BCUT2D eigenvalue weighted by Gasteiger charge is -2.20. The van der Waals surface area contributed by atoms with Crippen molar-refractivity contribution in [1.82, 2.24) is 4.90 Å². The Bertz CT molecular complexity index is 657. The fourth-order valence-corrected chi connectivity index (χ4v) is 3.15. The Hall–Kier alpha value is -1.82. The number of hydrogen-bond acceptors (Lipinski definition) is 4. The number of hydrogen-bond donors (Lipinski definition) is 0. The summed E-state index contributed by atoms with van der Waals surface area (Å²) >= 11 is 3.32. The highest BCUT2D eigenvalue weighted by Crippen LogP contribution is 2.37. The summed E-state index contributed by atoms with van der Waals surface area (Å²) in [6.45, 7) is 1.22. The lowest BCUT2D eigenvalue weighted by Crippen LogP contribution is -2.35. The number of aliphatic imine (C=N–C) groups is 1. The third-order valence-corrected chi connectivity index (χ3v) is 4.42. The molecule has 0 radical (unpaired) electrons. The van der Waals surface area contributed by atoms with Gasteiger partial charge in [-0.2, -0.15) is 0 Å². The highest BCUT2D eigenvalue weighted by molar-refractivity contribution is 9.09. The molecule has 0 unspecified atom stereocenters. The van der Waals surface area contributed by atoms with E-state index in [1.165, 1.54) is 0 Å². The molecule has 6 heteroatoms. The van der Waals surface area contributed by atoms with Crippen molar-refractivity contribution in [1.29, 1.82) is 0 Å². The second-order valence-corrected chi connectivity index (χ2v) is 6.09. The Morgan fingerprint density at radius 3 is 3.04 bits per heavy atom. The van der Waals surface area contributed by atoms with Gasteiger partial charge in [-0.25, -0.2) is 0 Å². The largest absolute Gasteiger partial charge is 0.493 e. The maximum absolute atomic E-state index is 12.7. The maximum Gasteiger partial charge on any atom is 0.256 e. The van der Waals surface area contributed by atoms with Crippen LogP contribution in [0.15, 0.2) is 29.3 Å². The SMILES string of the molecule is COc1cc2c(cc1OC/C=C/CBr)N=C[C@@H]1CCCN1C2=O. The highest BCUT2D eigenvalue weighted by Gasteiger charge is 2.32. The Balaban J connectivity index is 1.92. The summed E-state index contributed by atoms with van der Waals surface area (Å²) in [5.74, 6) is 1.17. The number of carbonyl (C=O) groups is 1. The first-order valence-electron chi connectivity index (χ1n) is 7.65. The third kappa shape index (κ3) is 3.27. The van der Waals surface area contributed by atoms with E-state index in [1.807, 2.05) is 23.3 Å². The molecule has 23 heavy (non-hydrogen) atoms. The van der Waals surface area contributed by atoms with Crippen LogP contribution in [0.5, 0.6) is 11.5 Å². The van der Waals surface area contributed by atoms with Gasteiger partial charge in [-0.3, -0.25) is 9.79 Å². The van der Waals surface area contributed by atoms with Crippen LogP contribution in [-0.4, -0.2) is 48.7 Å². The molecule has 1 amide bonds. The van der Waals surface area contributed by atoms with Crippen molar-refractivity contribution in [2.45, 2.75) is 18.9 Å². The van der Waals surface area contributed by atoms with Crippen LogP contribution in [0, 0.1) is 0 Å². The zero-order valence-corrected chi connectivity index (χ0v) is 14.6. The molecule has 2 heterocycles. The van der Waals surface area contributed by atoms with E-state index in [2.05, 4.69) is 20.9 Å². The summed E-state index contributed by atoms with van der Waals surface area (Å²) in [5.41, 5.74) is 1.22. The van der Waals surface area contributed by atoms with Crippen LogP contribution < -0.4 is 9.47 Å². The molecule has 0 aromatic heterocycles. The zero-order chi connectivity index (χ0) is 16.2. The smallest absolute Gasteiger partial charge is 0.256 e. The van der Waals surface area contributed by atoms with Crippen LogP contribution >= 0.6 is 15.9 Å². The van der Waals surface area contributed by atoms with Crippen molar-refractivity contribution in [3.8, 4) is 11.5 Å². The van der Waals surface area contributed by atoms with Crippen molar-refractivity contribution >= 4 is 33.7 Å². The molecule has 1 saturated heterocycles. The van der Waals surface area contributed by atoms with E-state index in [0.717, 1.165) is 24.7 Å². The van der Waals surface area contributed by atoms with Gasteiger partial charge in [0.05, 0.1) is 24.4 Å². The number of halogens is 1. The number of fused-ring (bicyclic) bond motifs is 2. The molecule has 2 aliphatic rings. The van der Waals surface area contributed by atoms with Crippen molar-refractivity contribution in [3.05, 3.63) is 29.8 Å². The van der Waals surface area contributed by atoms with Crippen LogP contribution in [0.25, 0.3) is 0 Å². The number of rotatable bonds is 5. The van der Waals surface area contributed by atoms with Gasteiger partial charge in [0, 0.05) is 24.2 Å². The van der Waals surface area contributed by atoms with Crippen molar-refractivity contribution in [2.24, 2.45) is 4.99 Å². The molecule has 0 N–H and O–H groups in total. The van der Waals surface area contributed by atoms with Gasteiger partial charge in [-0.1, -0.05) is 28.1 Å². The van der Waals surface area contributed by atoms with Gasteiger partial charge in [0.25, 0.3) is 5.91 Å². The van der Waals surface area contributed by atoms with E-state index in [4.69, 9.17) is 9.47 Å². The number of nitrogens with zero attached hydrogens (tertiary/aromatic N) is 2. The molecule has 0 bridgehead atoms. The molecule has 1 fully saturated rings. The van der Waals surface area contributed by atoms with Gasteiger partial charge in [0.15, 0.2) is 11.5 Å². The molecule has 1 atom stereocenters. The van der Waals surface area contributed by atoms with Crippen LogP contribution in [0.2, 0.25) is 0 Å². The maximum atomic E-state index is 12.7. The predicted octanol–water partition coefficient (Wildman–Crippen LogP) is 3.35. The minimum absolute atomic E-state index is 0.0176. The van der Waals surface area contributed by atoms with Gasteiger partial charge < -0.3 is 14.4 Å². The molecule has 2 aliphatic heterocycles. The fourth-order valence-electron chi connectivity index (χ4n) is 2.89. The van der Waals surface area contributed by atoms with Gasteiger partial charge >= 0.3 is 0 Å². The molecule has 0 saturated carbocycles. The molecule has 0 aliphatic carbocycles. The summed E-state index contributed by atoms with van der Waals surface area (Å²) < 4.78 is 11.1. The van der Waals surface area contributed by atoms with E-state index in [1.54, 1.807) is 19.2 Å². The Morgan fingerprint density at radius 2 is 2.26 bits per heavy atom. The van der Waals surface area contributed by atoms with E-state index in [-0.39, 0.29) is 11.9 Å². The third-order valence-electron chi connectivity index (χ3n) is 4.05. The van der Waals surface area contributed by atoms with Gasteiger partial charge in [-0.15, -0.1) is 0 Å². The molecule has 1 aromatic rings. The first-order valence-corrected chi connectivity index (χ1v) is 8.77. The predicted molar refractivity (Wildman–Crippen MR) is 93.6 cm³/mol. The number of benzene rings is 1. The second-order valence-electron chi connectivity index (χ2n) is 5.44. The zero-order valence-electron chi connectivity index (χ0n) is 13.0. The summed E-state index contributed by atoms with van der Waals surface area (Å²) in [6.07, 6.45) is 7.76. The molecule has 3 rings (SSSR count). The minimum Gasteiger partial charge on any atom is -0.493 e. The van der Waals surface area contributed by atoms with Crippen molar-refractivity contribution in [3.63, 3.8) is 0 Å². The summed E-state index contributed by atoms with van der Waals surface area (Å²) in [6, 6.07) is 3.62. The lowest BCUT2D eigenvalue weighted by molar-refractivity contribution is 0.0774. The highest BCUT2D eigenvalue weighted by atomic mass is 79.9. The van der Waals surface area contributed by atoms with Gasteiger partial charge in [-0.05, 0) is 18.9 Å². The van der Waals surface area contributed by atoms with Crippen LogP contribution in [0.1, 0.15) is 23.2 Å². The monoisotopic (exact) mass is 378 g/mol. The summed E-state index contributed by atoms with van der Waals surface area (Å²) in [7, 11) is 1.58. The van der Waals surface area contributed by atoms with Crippen molar-refractivity contribution < 1.29 is 14.3 Å². The summed E-state index contributed by atoms with van der Waals surface area (Å²) in [5, 5.41) is 0.785. The van der Waals surface area contributed by atoms with Gasteiger partial charge in [0.2, 0.25) is 0 Å². The molecule has 5 nitrogen and oxygen atoms in total. The lowest BCUT2D eigenvalue weighted by atomic mass is 10.1. The molecule has 1 aromatic carbocycles. The first-order chi connectivity index (χ1) is 11.2. The molecular formula is C17H19BrN2O3.